The molecular weight excluding hydrogens is 377 g/mol. The van der Waals surface area contributed by atoms with Crippen molar-refractivity contribution in [2.45, 2.75) is 25.9 Å². The average Bonchev–Trinajstić information content (AvgIpc) is 2.92. The van der Waals surface area contributed by atoms with E-state index >= 15 is 0 Å². The maximum absolute atomic E-state index is 13.8. The highest BCUT2D eigenvalue weighted by atomic mass is 79.9. The van der Waals surface area contributed by atoms with E-state index in [1.54, 1.807) is 31.2 Å². The van der Waals surface area contributed by atoms with Gasteiger partial charge in [-0.2, -0.15) is 0 Å². The van der Waals surface area contributed by atoms with Gasteiger partial charge >= 0.3 is 0 Å². The van der Waals surface area contributed by atoms with Crippen molar-refractivity contribution in [1.82, 2.24) is 0 Å². The number of ether oxygens (including phenoxy) is 1. The number of fused-ring (bicyclic) bond motifs is 1. The van der Waals surface area contributed by atoms with Crippen LogP contribution in [-0.4, -0.2) is 17.8 Å². The fourth-order valence-corrected chi connectivity index (χ4v) is 2.97. The first-order chi connectivity index (χ1) is 11.5. The molecule has 6 heteroatoms. The summed E-state index contributed by atoms with van der Waals surface area (Å²) in [7, 11) is 0. The molecule has 1 amide bonds. The first kappa shape index (κ1) is 16.6. The average molecular weight is 392 g/mol. The Balaban J connectivity index is 1.72. The summed E-state index contributed by atoms with van der Waals surface area (Å²) in [4.78, 5) is 24.0. The number of hydrogen-bond donors (Lipinski definition) is 1. The maximum atomic E-state index is 13.8. The lowest BCUT2D eigenvalue weighted by atomic mass is 10.1. The van der Waals surface area contributed by atoms with Crippen LogP contribution in [0.1, 0.15) is 29.3 Å². The minimum Gasteiger partial charge on any atom is -0.481 e. The zero-order valence-electron chi connectivity index (χ0n) is 12.9. The van der Waals surface area contributed by atoms with Crippen LogP contribution in [0.5, 0.6) is 5.75 Å². The highest BCUT2D eigenvalue weighted by Gasteiger charge is 2.25. The van der Waals surface area contributed by atoms with Gasteiger partial charge < -0.3 is 10.1 Å². The summed E-state index contributed by atoms with van der Waals surface area (Å²) in [5.41, 5.74) is 1.57. The Morgan fingerprint density at radius 3 is 2.83 bits per heavy atom. The van der Waals surface area contributed by atoms with Gasteiger partial charge in [0.05, 0.1) is 5.69 Å². The van der Waals surface area contributed by atoms with Crippen molar-refractivity contribution in [2.75, 3.05) is 5.32 Å². The van der Waals surface area contributed by atoms with Crippen molar-refractivity contribution in [2.24, 2.45) is 0 Å². The molecule has 0 heterocycles. The summed E-state index contributed by atoms with van der Waals surface area (Å²) in [6.45, 7) is 1.59. The van der Waals surface area contributed by atoms with Gasteiger partial charge in [0.2, 0.25) is 0 Å². The van der Waals surface area contributed by atoms with Crippen LogP contribution in [0.3, 0.4) is 0 Å². The third-order valence-corrected chi connectivity index (χ3v) is 4.39. The van der Waals surface area contributed by atoms with Gasteiger partial charge in [-0.1, -0.05) is 28.1 Å². The Morgan fingerprint density at radius 1 is 1.29 bits per heavy atom. The van der Waals surface area contributed by atoms with Gasteiger partial charge in [0, 0.05) is 22.0 Å². The Labute approximate surface area is 147 Å². The molecule has 0 aliphatic heterocycles. The molecule has 0 radical (unpaired) electrons. The van der Waals surface area contributed by atoms with E-state index in [4.69, 9.17) is 4.74 Å². The van der Waals surface area contributed by atoms with Crippen LogP contribution in [0.25, 0.3) is 0 Å². The lowest BCUT2D eigenvalue weighted by molar-refractivity contribution is -0.122. The van der Waals surface area contributed by atoms with Crippen LogP contribution in [0, 0.1) is 5.82 Å². The topological polar surface area (TPSA) is 55.4 Å². The van der Waals surface area contributed by atoms with Crippen molar-refractivity contribution in [3.05, 3.63) is 57.8 Å². The minimum atomic E-state index is -0.824. The van der Waals surface area contributed by atoms with E-state index in [1.165, 1.54) is 12.1 Å². The van der Waals surface area contributed by atoms with Crippen molar-refractivity contribution in [3.63, 3.8) is 0 Å². The molecule has 24 heavy (non-hydrogen) atoms. The van der Waals surface area contributed by atoms with Crippen molar-refractivity contribution < 1.29 is 18.7 Å². The Kier molecular flexibility index (Phi) is 4.66. The molecule has 0 saturated heterocycles. The standard InChI is InChI=1S/C18H15BrFNO3/c1-10(18(23)21-15-7-5-11(19)9-14(15)20)24-17-4-2-3-12-13(17)6-8-16(12)22/h2-5,7,9-10H,6,8H2,1H3,(H,21,23). The predicted octanol–water partition coefficient (Wildman–Crippen LogP) is 4.12. The van der Waals surface area contributed by atoms with E-state index in [9.17, 15) is 14.0 Å². The summed E-state index contributed by atoms with van der Waals surface area (Å²) < 4.78 is 20.1. The molecule has 1 aliphatic carbocycles. The molecular formula is C18H15BrFNO3. The molecule has 0 spiro atoms. The molecule has 0 fully saturated rings. The molecule has 3 rings (SSSR count). The smallest absolute Gasteiger partial charge is 0.265 e. The number of hydrogen-bond acceptors (Lipinski definition) is 3. The number of carbonyl (C=O) groups is 2. The maximum Gasteiger partial charge on any atom is 0.265 e. The highest BCUT2D eigenvalue weighted by Crippen LogP contribution is 2.31. The molecule has 1 aliphatic rings. The number of rotatable bonds is 4. The van der Waals surface area contributed by atoms with Crippen LogP contribution in [0.2, 0.25) is 0 Å². The quantitative estimate of drug-likeness (QED) is 0.852. The number of amides is 1. The molecule has 0 bridgehead atoms. The normalized spacial score (nSPS) is 14.2. The summed E-state index contributed by atoms with van der Waals surface area (Å²) >= 11 is 3.16. The number of anilines is 1. The van der Waals surface area contributed by atoms with Crippen LogP contribution in [0.15, 0.2) is 40.9 Å². The Hall–Kier alpha value is -2.21. The minimum absolute atomic E-state index is 0.0875. The summed E-state index contributed by atoms with van der Waals surface area (Å²) in [5, 5.41) is 2.51. The van der Waals surface area contributed by atoms with Gasteiger partial charge in [-0.3, -0.25) is 9.59 Å². The van der Waals surface area contributed by atoms with Crippen molar-refractivity contribution in [1.29, 1.82) is 0 Å². The van der Waals surface area contributed by atoms with Crippen molar-refractivity contribution in [3.8, 4) is 5.75 Å². The lowest BCUT2D eigenvalue weighted by Gasteiger charge is -2.17. The van der Waals surface area contributed by atoms with Gasteiger partial charge in [0.1, 0.15) is 11.6 Å². The largest absolute Gasteiger partial charge is 0.481 e. The molecule has 4 nitrogen and oxygen atoms in total. The fraction of sp³-hybridized carbons (Fsp3) is 0.222. The van der Waals surface area contributed by atoms with E-state index in [2.05, 4.69) is 21.2 Å². The molecule has 2 aromatic rings. The van der Waals surface area contributed by atoms with Crippen LogP contribution in [-0.2, 0) is 11.2 Å². The molecule has 1 N–H and O–H groups in total. The van der Waals surface area contributed by atoms with Crippen LogP contribution >= 0.6 is 15.9 Å². The van der Waals surface area contributed by atoms with E-state index in [-0.39, 0.29) is 11.5 Å². The van der Waals surface area contributed by atoms with Gasteiger partial charge in [0.15, 0.2) is 11.9 Å². The number of benzene rings is 2. The van der Waals surface area contributed by atoms with Gasteiger partial charge in [0.25, 0.3) is 5.91 Å². The number of halogens is 2. The lowest BCUT2D eigenvalue weighted by Crippen LogP contribution is -2.30. The number of Topliss-reactive ketones (excluding diaryl/α,β-unsaturated/α-hetero) is 1. The third kappa shape index (κ3) is 3.33. The summed E-state index contributed by atoms with van der Waals surface area (Å²) in [6, 6.07) is 9.62. The van der Waals surface area contributed by atoms with E-state index in [1.807, 2.05) is 0 Å². The number of nitrogens with one attached hydrogen (secondary N) is 1. The Bertz CT molecular complexity index is 822. The zero-order chi connectivity index (χ0) is 17.3. The predicted molar refractivity (Wildman–Crippen MR) is 91.9 cm³/mol. The number of ketones is 1. The SMILES string of the molecule is CC(Oc1cccc2c1CCC2=O)C(=O)Nc1ccc(Br)cc1F. The molecule has 2 aromatic carbocycles. The van der Waals surface area contributed by atoms with Gasteiger partial charge in [-0.25, -0.2) is 4.39 Å². The molecule has 0 aromatic heterocycles. The van der Waals surface area contributed by atoms with Crippen molar-refractivity contribution >= 4 is 33.3 Å². The molecule has 1 unspecified atom stereocenters. The molecule has 0 saturated carbocycles. The summed E-state index contributed by atoms with van der Waals surface area (Å²) in [5.74, 6) is -0.379. The Morgan fingerprint density at radius 2 is 2.08 bits per heavy atom. The van der Waals surface area contributed by atoms with Gasteiger partial charge in [-0.15, -0.1) is 0 Å². The fourth-order valence-electron chi connectivity index (χ4n) is 2.64. The zero-order valence-corrected chi connectivity index (χ0v) is 14.5. The van der Waals surface area contributed by atoms with E-state index in [0.717, 1.165) is 5.56 Å². The first-order valence-electron chi connectivity index (χ1n) is 7.53. The molecule has 1 atom stereocenters. The van der Waals surface area contributed by atoms with Gasteiger partial charge in [-0.05, 0) is 37.6 Å². The molecule has 124 valence electrons. The second-order valence-corrected chi connectivity index (χ2v) is 6.49. The monoisotopic (exact) mass is 391 g/mol. The van der Waals surface area contributed by atoms with E-state index < -0.39 is 17.8 Å². The second-order valence-electron chi connectivity index (χ2n) is 5.58. The van der Waals surface area contributed by atoms with Crippen LogP contribution in [0.4, 0.5) is 10.1 Å². The number of carbonyl (C=O) groups excluding carboxylic acids is 2. The highest BCUT2D eigenvalue weighted by molar-refractivity contribution is 9.10. The first-order valence-corrected chi connectivity index (χ1v) is 8.32. The third-order valence-electron chi connectivity index (χ3n) is 3.90. The van der Waals surface area contributed by atoms with E-state index in [0.29, 0.717) is 28.6 Å². The second kappa shape index (κ2) is 6.73. The van der Waals surface area contributed by atoms with Crippen LogP contribution < -0.4 is 10.1 Å². The summed E-state index contributed by atoms with van der Waals surface area (Å²) in [6.07, 6.45) is 0.246.